The molecule has 1 saturated heterocycles. The van der Waals surface area contributed by atoms with E-state index in [4.69, 9.17) is 0 Å². The van der Waals surface area contributed by atoms with E-state index in [2.05, 4.69) is 17.2 Å². The number of H-pyrrole nitrogens is 1. The van der Waals surface area contributed by atoms with Crippen LogP contribution in [0.25, 0.3) is 10.9 Å². The van der Waals surface area contributed by atoms with Crippen LogP contribution in [0.15, 0.2) is 30.5 Å². The van der Waals surface area contributed by atoms with Crippen molar-refractivity contribution >= 4 is 16.8 Å². The van der Waals surface area contributed by atoms with Crippen LogP contribution in [-0.2, 0) is 0 Å². The molecule has 4 heteroatoms. The molecule has 0 unspecified atom stereocenters. The molecule has 0 atom stereocenters. The second-order valence-corrected chi connectivity index (χ2v) is 5.88. The average Bonchev–Trinajstić information content (AvgIpc) is 2.94. The Bertz CT molecular complexity index is 623. The molecule has 0 bridgehead atoms. The van der Waals surface area contributed by atoms with Crippen LogP contribution in [0.5, 0.6) is 0 Å². The van der Waals surface area contributed by atoms with E-state index >= 15 is 0 Å². The van der Waals surface area contributed by atoms with Crippen LogP contribution in [-0.4, -0.2) is 41.5 Å². The number of piperidine rings is 1. The fraction of sp³-hybridized carbons (Fsp3) is 0.438. The number of aromatic nitrogens is 1. The molecule has 1 aliphatic heterocycles. The summed E-state index contributed by atoms with van der Waals surface area (Å²) in [7, 11) is 2.00. The lowest BCUT2D eigenvalue weighted by atomic mass is 9.89. The number of amides is 1. The molecule has 20 heavy (non-hydrogen) atoms. The first-order valence-electron chi connectivity index (χ1n) is 7.17. The van der Waals surface area contributed by atoms with E-state index in [-0.39, 0.29) is 11.4 Å². The van der Waals surface area contributed by atoms with Gasteiger partial charge in [-0.15, -0.1) is 0 Å². The summed E-state index contributed by atoms with van der Waals surface area (Å²) >= 11 is 0. The predicted molar refractivity (Wildman–Crippen MR) is 80.9 cm³/mol. The summed E-state index contributed by atoms with van der Waals surface area (Å²) in [5, 5.41) is 4.45. The minimum atomic E-state index is 0.145. The third-order valence-electron chi connectivity index (χ3n) is 4.56. The summed E-state index contributed by atoms with van der Waals surface area (Å²) in [6.45, 7) is 3.86. The minimum Gasteiger partial charge on any atom is -0.361 e. The Morgan fingerprint density at radius 1 is 1.30 bits per heavy atom. The number of rotatable bonds is 2. The Morgan fingerprint density at radius 2 is 2.05 bits per heavy atom. The van der Waals surface area contributed by atoms with Gasteiger partial charge in [0.05, 0.1) is 0 Å². The van der Waals surface area contributed by atoms with Crippen molar-refractivity contribution in [3.63, 3.8) is 0 Å². The number of nitrogens with zero attached hydrogens (tertiary/aromatic N) is 1. The zero-order chi connectivity index (χ0) is 14.2. The lowest BCUT2D eigenvalue weighted by Crippen LogP contribution is -2.51. The molecule has 0 aliphatic carbocycles. The number of likely N-dealkylation sites (tertiary alicyclic amines) is 1. The van der Waals surface area contributed by atoms with Crippen molar-refractivity contribution < 1.29 is 4.79 Å². The van der Waals surface area contributed by atoms with Crippen molar-refractivity contribution in [2.24, 2.45) is 0 Å². The van der Waals surface area contributed by atoms with Gasteiger partial charge in [0, 0.05) is 41.3 Å². The first-order chi connectivity index (χ1) is 9.61. The Balaban J connectivity index is 1.76. The number of hydrogen-bond acceptors (Lipinski definition) is 2. The molecular formula is C16H21N3O. The Hall–Kier alpha value is -1.81. The van der Waals surface area contributed by atoms with E-state index in [1.54, 1.807) is 0 Å². The number of nitrogens with one attached hydrogen (secondary N) is 2. The van der Waals surface area contributed by atoms with Crippen molar-refractivity contribution in [3.05, 3.63) is 36.0 Å². The number of carbonyl (C=O) groups excluding carboxylic acids is 1. The molecule has 1 amide bonds. The number of fused-ring (bicyclic) bond motifs is 1. The van der Waals surface area contributed by atoms with Gasteiger partial charge in [-0.1, -0.05) is 0 Å². The number of carbonyl (C=O) groups is 1. The first-order valence-corrected chi connectivity index (χ1v) is 7.17. The average molecular weight is 271 g/mol. The summed E-state index contributed by atoms with van der Waals surface area (Å²) in [5.41, 5.74) is 2.02. The molecule has 0 spiro atoms. The summed E-state index contributed by atoms with van der Waals surface area (Å²) in [6, 6.07) is 7.86. The minimum absolute atomic E-state index is 0.145. The predicted octanol–water partition coefficient (Wildman–Crippen LogP) is 2.38. The van der Waals surface area contributed by atoms with Gasteiger partial charge in [0.25, 0.3) is 5.91 Å². The van der Waals surface area contributed by atoms with E-state index in [1.165, 1.54) is 0 Å². The van der Waals surface area contributed by atoms with Crippen LogP contribution >= 0.6 is 0 Å². The fourth-order valence-corrected chi connectivity index (χ4v) is 2.82. The van der Waals surface area contributed by atoms with Gasteiger partial charge in [0.2, 0.25) is 0 Å². The molecule has 1 aliphatic rings. The van der Waals surface area contributed by atoms with Crippen LogP contribution in [0.4, 0.5) is 0 Å². The normalized spacial score (nSPS) is 18.4. The quantitative estimate of drug-likeness (QED) is 0.881. The summed E-state index contributed by atoms with van der Waals surface area (Å²) in [6.07, 6.45) is 3.90. The highest BCUT2D eigenvalue weighted by molar-refractivity contribution is 5.98. The molecule has 0 radical (unpaired) electrons. The van der Waals surface area contributed by atoms with Gasteiger partial charge in [0.15, 0.2) is 0 Å². The third kappa shape index (κ3) is 2.31. The van der Waals surface area contributed by atoms with Crippen LogP contribution in [0.3, 0.4) is 0 Å². The van der Waals surface area contributed by atoms with E-state index in [0.717, 1.165) is 42.4 Å². The SMILES string of the molecule is CNC1(C)CCN(C(=O)c2ccc3[nH]ccc3c2)CC1. The molecule has 0 saturated carbocycles. The highest BCUT2D eigenvalue weighted by atomic mass is 16.2. The maximum atomic E-state index is 12.6. The van der Waals surface area contributed by atoms with Crippen molar-refractivity contribution in [3.8, 4) is 0 Å². The molecule has 2 aromatic rings. The van der Waals surface area contributed by atoms with Gasteiger partial charge in [-0.3, -0.25) is 4.79 Å². The Kier molecular flexibility index (Phi) is 3.26. The summed E-state index contributed by atoms with van der Waals surface area (Å²) in [4.78, 5) is 17.7. The largest absolute Gasteiger partial charge is 0.361 e. The van der Waals surface area contributed by atoms with E-state index in [1.807, 2.05) is 42.4 Å². The van der Waals surface area contributed by atoms with E-state index < -0.39 is 0 Å². The van der Waals surface area contributed by atoms with E-state index in [0.29, 0.717) is 0 Å². The standard InChI is InChI=1S/C16H21N3O/c1-16(17-2)6-9-19(10-7-16)15(20)13-3-4-14-12(11-13)5-8-18-14/h3-5,8,11,17-18H,6-7,9-10H2,1-2H3. The van der Waals surface area contributed by atoms with E-state index in [9.17, 15) is 4.79 Å². The second kappa shape index (κ2) is 4.94. The maximum Gasteiger partial charge on any atom is 0.253 e. The zero-order valence-electron chi connectivity index (χ0n) is 12.1. The molecule has 1 fully saturated rings. The van der Waals surface area contributed by atoms with Gasteiger partial charge in [-0.2, -0.15) is 0 Å². The topological polar surface area (TPSA) is 48.1 Å². The molecule has 2 N–H and O–H groups in total. The van der Waals surface area contributed by atoms with Gasteiger partial charge in [0.1, 0.15) is 0 Å². The monoisotopic (exact) mass is 271 g/mol. The number of benzene rings is 1. The lowest BCUT2D eigenvalue weighted by Gasteiger charge is -2.39. The lowest BCUT2D eigenvalue weighted by molar-refractivity contribution is 0.0662. The second-order valence-electron chi connectivity index (χ2n) is 5.88. The van der Waals surface area contributed by atoms with Gasteiger partial charge >= 0.3 is 0 Å². The fourth-order valence-electron chi connectivity index (χ4n) is 2.82. The van der Waals surface area contributed by atoms with Crippen LogP contribution in [0.1, 0.15) is 30.1 Å². The molecule has 4 nitrogen and oxygen atoms in total. The zero-order valence-corrected chi connectivity index (χ0v) is 12.1. The van der Waals surface area contributed by atoms with Crippen LogP contribution in [0.2, 0.25) is 0 Å². The van der Waals surface area contributed by atoms with Gasteiger partial charge in [-0.25, -0.2) is 0 Å². The van der Waals surface area contributed by atoms with Crippen molar-refractivity contribution in [2.45, 2.75) is 25.3 Å². The molecule has 3 rings (SSSR count). The van der Waals surface area contributed by atoms with Gasteiger partial charge < -0.3 is 15.2 Å². The molecular weight excluding hydrogens is 250 g/mol. The molecule has 1 aromatic heterocycles. The number of aromatic amines is 1. The summed E-state index contributed by atoms with van der Waals surface area (Å²) < 4.78 is 0. The van der Waals surface area contributed by atoms with Crippen LogP contribution < -0.4 is 5.32 Å². The Labute approximate surface area is 119 Å². The summed E-state index contributed by atoms with van der Waals surface area (Å²) in [5.74, 6) is 0.145. The van der Waals surface area contributed by atoms with Crippen molar-refractivity contribution in [1.29, 1.82) is 0 Å². The number of hydrogen-bond donors (Lipinski definition) is 2. The first kappa shape index (κ1) is 13.2. The Morgan fingerprint density at radius 3 is 2.75 bits per heavy atom. The smallest absolute Gasteiger partial charge is 0.253 e. The van der Waals surface area contributed by atoms with Crippen LogP contribution in [0, 0.1) is 0 Å². The molecule has 2 heterocycles. The highest BCUT2D eigenvalue weighted by Gasteiger charge is 2.30. The van der Waals surface area contributed by atoms with Crippen molar-refractivity contribution in [1.82, 2.24) is 15.2 Å². The maximum absolute atomic E-state index is 12.6. The third-order valence-corrected chi connectivity index (χ3v) is 4.56. The molecule has 106 valence electrons. The van der Waals surface area contributed by atoms with Gasteiger partial charge in [-0.05, 0) is 51.1 Å². The van der Waals surface area contributed by atoms with Crippen molar-refractivity contribution in [2.75, 3.05) is 20.1 Å². The molecule has 1 aromatic carbocycles. The highest BCUT2D eigenvalue weighted by Crippen LogP contribution is 2.23.